The van der Waals surface area contributed by atoms with E-state index >= 15 is 0 Å². The predicted molar refractivity (Wildman–Crippen MR) is 75.8 cm³/mol. The fourth-order valence-electron chi connectivity index (χ4n) is 3.22. The minimum absolute atomic E-state index is 0.0741. The quantitative estimate of drug-likeness (QED) is 0.871. The molecule has 0 aliphatic carbocycles. The molecule has 1 aromatic heterocycles. The normalized spacial score (nSPS) is 18.7. The summed E-state index contributed by atoms with van der Waals surface area (Å²) in [6, 6.07) is 3.99. The van der Waals surface area contributed by atoms with Gasteiger partial charge in [0.05, 0.1) is 22.4 Å². The fraction of sp³-hybridized carbons (Fsp3) is 0.375. The van der Waals surface area contributed by atoms with Crippen LogP contribution in [0.5, 0.6) is 0 Å². The van der Waals surface area contributed by atoms with E-state index < -0.39 is 23.0 Å². The van der Waals surface area contributed by atoms with Crippen molar-refractivity contribution in [3.8, 4) is 0 Å². The van der Waals surface area contributed by atoms with Crippen molar-refractivity contribution < 1.29 is 19.0 Å². The molecule has 0 amide bonds. The lowest BCUT2D eigenvalue weighted by atomic mass is 9.88. The van der Waals surface area contributed by atoms with Gasteiger partial charge in [0.15, 0.2) is 0 Å². The molecule has 0 saturated heterocycles. The summed E-state index contributed by atoms with van der Waals surface area (Å²) in [5.41, 5.74) is 0.181. The first-order chi connectivity index (χ1) is 9.63. The highest BCUT2D eigenvalue weighted by molar-refractivity contribution is 6.04. The largest absolute Gasteiger partial charge is 0.478 e. The zero-order valence-corrected chi connectivity index (χ0v) is 12.3. The first-order valence-corrected chi connectivity index (χ1v) is 6.71. The summed E-state index contributed by atoms with van der Waals surface area (Å²) in [7, 11) is 0. The molecule has 21 heavy (non-hydrogen) atoms. The van der Waals surface area contributed by atoms with Crippen molar-refractivity contribution >= 4 is 16.9 Å². The van der Waals surface area contributed by atoms with Crippen molar-refractivity contribution in [2.75, 3.05) is 0 Å². The van der Waals surface area contributed by atoms with Crippen LogP contribution in [0, 0.1) is 5.82 Å². The van der Waals surface area contributed by atoms with Crippen molar-refractivity contribution in [3.63, 3.8) is 0 Å². The molecule has 5 heteroatoms. The monoisotopic (exact) mass is 289 g/mol. The number of aromatic carboxylic acids is 1. The van der Waals surface area contributed by atoms with Gasteiger partial charge in [0.1, 0.15) is 11.4 Å². The first kappa shape index (κ1) is 13.9. The number of nitrogens with zero attached hydrogens (tertiary/aromatic N) is 1. The van der Waals surface area contributed by atoms with Gasteiger partial charge in [-0.1, -0.05) is 0 Å². The minimum atomic E-state index is -1.10. The van der Waals surface area contributed by atoms with E-state index in [9.17, 15) is 14.3 Å². The van der Waals surface area contributed by atoms with Gasteiger partial charge in [-0.3, -0.25) is 0 Å². The van der Waals surface area contributed by atoms with Crippen LogP contribution in [0.4, 0.5) is 4.39 Å². The lowest BCUT2D eigenvalue weighted by Gasteiger charge is -2.24. The van der Waals surface area contributed by atoms with E-state index in [2.05, 4.69) is 4.98 Å². The maximum Gasteiger partial charge on any atom is 0.336 e. The molecule has 2 heterocycles. The molecular weight excluding hydrogens is 273 g/mol. The Labute approximate surface area is 121 Å². The zero-order valence-electron chi connectivity index (χ0n) is 12.3. The van der Waals surface area contributed by atoms with Gasteiger partial charge in [-0.05, 0) is 45.9 Å². The number of halogens is 1. The van der Waals surface area contributed by atoms with Gasteiger partial charge in [-0.15, -0.1) is 0 Å². The highest BCUT2D eigenvalue weighted by atomic mass is 19.1. The summed E-state index contributed by atoms with van der Waals surface area (Å²) in [5.74, 6) is -1.58. The van der Waals surface area contributed by atoms with Gasteiger partial charge >= 0.3 is 5.97 Å². The fourth-order valence-corrected chi connectivity index (χ4v) is 3.22. The molecule has 1 N–H and O–H groups in total. The van der Waals surface area contributed by atoms with Crippen LogP contribution in [0.2, 0.25) is 0 Å². The Balaban J connectivity index is 2.53. The third-order valence-electron chi connectivity index (χ3n) is 3.84. The summed E-state index contributed by atoms with van der Waals surface area (Å²) in [5, 5.41) is 9.94. The smallest absolute Gasteiger partial charge is 0.336 e. The van der Waals surface area contributed by atoms with E-state index in [4.69, 9.17) is 4.74 Å². The van der Waals surface area contributed by atoms with Gasteiger partial charge in [-0.2, -0.15) is 0 Å². The standard InChI is InChI=1S/C16H16FNO3/c1-15(2)12-11(14(19)20)9-7-8(17)5-6-10(9)18-13(12)16(3,4)21-15/h5-7H,1-4H3,(H,19,20). The summed E-state index contributed by atoms with van der Waals surface area (Å²) in [4.78, 5) is 16.3. The summed E-state index contributed by atoms with van der Waals surface area (Å²) in [6.07, 6.45) is 0. The Morgan fingerprint density at radius 1 is 1.24 bits per heavy atom. The lowest BCUT2D eigenvalue weighted by Crippen LogP contribution is -2.23. The third-order valence-corrected chi connectivity index (χ3v) is 3.84. The molecule has 0 radical (unpaired) electrons. The van der Waals surface area contributed by atoms with E-state index in [1.807, 2.05) is 13.8 Å². The van der Waals surface area contributed by atoms with Crippen LogP contribution in [0.3, 0.4) is 0 Å². The van der Waals surface area contributed by atoms with Crippen LogP contribution >= 0.6 is 0 Å². The van der Waals surface area contributed by atoms with Crippen molar-refractivity contribution in [3.05, 3.63) is 40.8 Å². The highest BCUT2D eigenvalue weighted by Gasteiger charge is 2.47. The number of fused-ring (bicyclic) bond motifs is 2. The Morgan fingerprint density at radius 2 is 1.90 bits per heavy atom. The van der Waals surface area contributed by atoms with Crippen molar-refractivity contribution in [1.82, 2.24) is 4.98 Å². The van der Waals surface area contributed by atoms with Crippen LogP contribution in [-0.2, 0) is 15.9 Å². The maximum atomic E-state index is 13.5. The van der Waals surface area contributed by atoms with Gasteiger partial charge in [0.2, 0.25) is 0 Å². The number of carboxylic acids is 1. The third kappa shape index (κ3) is 1.92. The number of ether oxygens (including phenoxy) is 1. The molecule has 1 aromatic carbocycles. The van der Waals surface area contributed by atoms with Crippen molar-refractivity contribution in [2.45, 2.75) is 38.9 Å². The second-order valence-corrected chi connectivity index (χ2v) is 6.30. The topological polar surface area (TPSA) is 59.4 Å². The van der Waals surface area contributed by atoms with Gasteiger partial charge < -0.3 is 9.84 Å². The minimum Gasteiger partial charge on any atom is -0.478 e. The van der Waals surface area contributed by atoms with Crippen LogP contribution < -0.4 is 0 Å². The van der Waals surface area contributed by atoms with Crippen LogP contribution in [-0.4, -0.2) is 16.1 Å². The highest BCUT2D eigenvalue weighted by Crippen LogP contribution is 2.48. The Morgan fingerprint density at radius 3 is 2.52 bits per heavy atom. The lowest BCUT2D eigenvalue weighted by molar-refractivity contribution is -0.106. The van der Waals surface area contributed by atoms with Crippen LogP contribution in [0.15, 0.2) is 18.2 Å². The molecule has 0 saturated carbocycles. The Kier molecular flexibility index (Phi) is 2.66. The molecule has 0 fully saturated rings. The van der Waals surface area contributed by atoms with Gasteiger partial charge in [0.25, 0.3) is 0 Å². The molecule has 1 aliphatic rings. The average Bonchev–Trinajstić information content (AvgIpc) is 2.52. The molecule has 0 atom stereocenters. The molecular formula is C16H16FNO3. The SMILES string of the molecule is CC1(C)OC(C)(C)c2c1nc1ccc(F)cc1c2C(=O)O. The summed E-state index contributed by atoms with van der Waals surface area (Å²) < 4.78 is 19.5. The summed E-state index contributed by atoms with van der Waals surface area (Å²) in [6.45, 7) is 7.32. The first-order valence-electron chi connectivity index (χ1n) is 6.71. The molecule has 1 aliphatic heterocycles. The Hall–Kier alpha value is -2.01. The van der Waals surface area contributed by atoms with Crippen LogP contribution in [0.25, 0.3) is 10.9 Å². The van der Waals surface area contributed by atoms with Crippen LogP contribution in [0.1, 0.15) is 49.3 Å². The second kappa shape index (κ2) is 4.01. The van der Waals surface area contributed by atoms with E-state index in [-0.39, 0.29) is 5.56 Å². The van der Waals surface area contributed by atoms with Crippen molar-refractivity contribution in [2.24, 2.45) is 0 Å². The number of rotatable bonds is 1. The molecule has 0 spiro atoms. The maximum absolute atomic E-state index is 13.5. The zero-order chi connectivity index (χ0) is 15.6. The molecule has 0 bridgehead atoms. The van der Waals surface area contributed by atoms with E-state index in [1.54, 1.807) is 13.8 Å². The van der Waals surface area contributed by atoms with Crippen molar-refractivity contribution in [1.29, 1.82) is 0 Å². The molecule has 4 nitrogen and oxygen atoms in total. The molecule has 110 valence electrons. The number of aromatic nitrogens is 1. The Bertz CT molecular complexity index is 781. The number of carboxylic acid groups (broad SMARTS) is 1. The van der Waals surface area contributed by atoms with Gasteiger partial charge in [0, 0.05) is 10.9 Å². The van der Waals surface area contributed by atoms with E-state index in [0.717, 1.165) is 0 Å². The van der Waals surface area contributed by atoms with E-state index in [1.165, 1.54) is 18.2 Å². The molecule has 0 unspecified atom stereocenters. The second-order valence-electron chi connectivity index (χ2n) is 6.30. The average molecular weight is 289 g/mol. The number of carbonyl (C=O) groups is 1. The molecule has 2 aromatic rings. The van der Waals surface area contributed by atoms with Gasteiger partial charge in [-0.25, -0.2) is 14.2 Å². The number of pyridine rings is 1. The van der Waals surface area contributed by atoms with E-state index in [0.29, 0.717) is 22.2 Å². The summed E-state index contributed by atoms with van der Waals surface area (Å²) >= 11 is 0. The molecule has 3 rings (SSSR count). The number of benzene rings is 1. The number of hydrogen-bond acceptors (Lipinski definition) is 3. The predicted octanol–water partition coefficient (Wildman–Crippen LogP) is 3.57. The number of hydrogen-bond donors (Lipinski definition) is 1.